The second-order valence-electron chi connectivity index (χ2n) is 7.89. The molecule has 0 fully saturated rings. The van der Waals surface area contributed by atoms with Crippen molar-refractivity contribution < 1.29 is 24.2 Å². The van der Waals surface area contributed by atoms with Gasteiger partial charge in [0.15, 0.2) is 0 Å². The number of likely N-dealkylation sites (N-methyl/N-ethyl adjacent to an activating group) is 1. The number of anilines is 1. The summed E-state index contributed by atoms with van der Waals surface area (Å²) in [5, 5.41) is 15.7. The van der Waals surface area contributed by atoms with Crippen LogP contribution >= 0.6 is 0 Å². The number of aliphatic hydroxyl groups is 1. The van der Waals surface area contributed by atoms with E-state index in [2.05, 4.69) is 25.3 Å². The second kappa shape index (κ2) is 9.29. The number of rotatable bonds is 6. The number of H-pyrrole nitrogens is 1. The Morgan fingerprint density at radius 2 is 2.09 bits per heavy atom. The molecular formula is C23H25N5O5. The minimum atomic E-state index is -0.754. The molecule has 1 aliphatic rings. The fourth-order valence-electron chi connectivity index (χ4n) is 3.82. The lowest BCUT2D eigenvalue weighted by molar-refractivity contribution is -0.143. The number of aliphatic hydroxyl groups excluding tert-OH is 1. The number of imidazole rings is 1. The third kappa shape index (κ3) is 4.65. The Morgan fingerprint density at radius 3 is 2.82 bits per heavy atom. The van der Waals surface area contributed by atoms with Crippen molar-refractivity contribution >= 4 is 34.5 Å². The predicted octanol–water partition coefficient (Wildman–Crippen LogP) is 1.34. The first-order valence-corrected chi connectivity index (χ1v) is 10.5. The molecule has 3 aromatic rings. The zero-order chi connectivity index (χ0) is 23.5. The number of hydrogen-bond acceptors (Lipinski definition) is 7. The Hall–Kier alpha value is -3.92. The summed E-state index contributed by atoms with van der Waals surface area (Å²) >= 11 is 0. The van der Waals surface area contributed by atoms with E-state index in [4.69, 9.17) is 0 Å². The van der Waals surface area contributed by atoms with Crippen molar-refractivity contribution in [3.63, 3.8) is 0 Å². The molecule has 10 heteroatoms. The monoisotopic (exact) mass is 451 g/mol. The van der Waals surface area contributed by atoms with E-state index in [9.17, 15) is 19.5 Å². The molecule has 4 rings (SSSR count). The van der Waals surface area contributed by atoms with Crippen molar-refractivity contribution in [2.45, 2.75) is 25.0 Å². The van der Waals surface area contributed by atoms with Gasteiger partial charge in [-0.15, -0.1) is 0 Å². The van der Waals surface area contributed by atoms with Crippen LogP contribution in [0.5, 0.6) is 0 Å². The number of para-hydroxylation sites is 2. The normalized spacial score (nSPS) is 16.5. The van der Waals surface area contributed by atoms with E-state index in [-0.39, 0.29) is 31.4 Å². The predicted molar refractivity (Wildman–Crippen MR) is 120 cm³/mol. The minimum absolute atomic E-state index is 0.100. The highest BCUT2D eigenvalue weighted by atomic mass is 16.5. The lowest BCUT2D eigenvalue weighted by Gasteiger charge is -2.19. The molecule has 2 aromatic carbocycles. The molecule has 0 radical (unpaired) electrons. The molecule has 1 aromatic heterocycles. The van der Waals surface area contributed by atoms with Gasteiger partial charge in [-0.1, -0.05) is 12.1 Å². The van der Waals surface area contributed by atoms with Gasteiger partial charge in [0, 0.05) is 24.8 Å². The number of methoxy groups -OCH3 is 1. The molecule has 172 valence electrons. The molecule has 10 nitrogen and oxygen atoms in total. The van der Waals surface area contributed by atoms with Crippen LogP contribution in [0.15, 0.2) is 42.5 Å². The Balaban J connectivity index is 1.54. The average Bonchev–Trinajstić information content (AvgIpc) is 3.21. The topological polar surface area (TPSA) is 137 Å². The van der Waals surface area contributed by atoms with Gasteiger partial charge in [0.2, 0.25) is 5.91 Å². The summed E-state index contributed by atoms with van der Waals surface area (Å²) in [5.74, 6) is -0.664. The number of carbonyl (C=O) groups is 3. The first-order valence-electron chi connectivity index (χ1n) is 10.5. The van der Waals surface area contributed by atoms with Crippen molar-refractivity contribution in [1.29, 1.82) is 0 Å². The van der Waals surface area contributed by atoms with E-state index in [1.54, 1.807) is 25.2 Å². The number of fused-ring (bicyclic) bond motifs is 2. The van der Waals surface area contributed by atoms with E-state index in [1.165, 1.54) is 12.0 Å². The molecule has 4 N–H and O–H groups in total. The highest BCUT2D eigenvalue weighted by molar-refractivity contribution is 5.96. The van der Waals surface area contributed by atoms with Crippen molar-refractivity contribution in [1.82, 2.24) is 20.2 Å². The van der Waals surface area contributed by atoms with Crippen molar-refractivity contribution in [3.05, 3.63) is 59.4 Å². The summed E-state index contributed by atoms with van der Waals surface area (Å²) in [6, 6.07) is 11.0. The molecule has 2 atom stereocenters. The number of ether oxygens (including phenoxy) is 1. The van der Waals surface area contributed by atoms with Crippen LogP contribution in [-0.2, 0) is 20.9 Å². The summed E-state index contributed by atoms with van der Waals surface area (Å²) in [6.45, 7) is -0.0581. The van der Waals surface area contributed by atoms with Gasteiger partial charge in [-0.05, 0) is 35.9 Å². The average molecular weight is 451 g/mol. The molecule has 33 heavy (non-hydrogen) atoms. The van der Waals surface area contributed by atoms with Gasteiger partial charge in [-0.25, -0.2) is 4.98 Å². The summed E-state index contributed by atoms with van der Waals surface area (Å²) < 4.78 is 4.69. The Bertz CT molecular complexity index is 1170. The van der Waals surface area contributed by atoms with Gasteiger partial charge >= 0.3 is 5.97 Å². The van der Waals surface area contributed by atoms with Crippen LogP contribution in [0.25, 0.3) is 11.0 Å². The number of amides is 2. The second-order valence-corrected chi connectivity index (χ2v) is 7.89. The van der Waals surface area contributed by atoms with E-state index in [0.29, 0.717) is 17.1 Å². The summed E-state index contributed by atoms with van der Waals surface area (Å²) in [6.07, 6.45) is -0.100. The zero-order valence-electron chi connectivity index (χ0n) is 18.3. The third-order valence-corrected chi connectivity index (χ3v) is 5.60. The molecular weight excluding hydrogens is 426 g/mol. The van der Waals surface area contributed by atoms with Crippen LogP contribution < -0.4 is 10.6 Å². The van der Waals surface area contributed by atoms with Crippen LogP contribution in [0.1, 0.15) is 34.2 Å². The van der Waals surface area contributed by atoms with Gasteiger partial charge in [0.1, 0.15) is 17.9 Å². The van der Waals surface area contributed by atoms with Crippen molar-refractivity contribution in [2.75, 3.05) is 26.1 Å². The van der Waals surface area contributed by atoms with E-state index in [1.807, 2.05) is 24.3 Å². The quantitative estimate of drug-likeness (QED) is 0.415. The molecule has 0 spiro atoms. The Kier molecular flexibility index (Phi) is 6.27. The van der Waals surface area contributed by atoms with Crippen LogP contribution in [-0.4, -0.2) is 64.6 Å². The molecule has 2 unspecified atom stereocenters. The number of esters is 1. The number of benzene rings is 2. The standard InChI is InChI=1S/C23H25N5O5/c1-28-11-14-9-13(7-8-15(14)24-18(23(28)32)10-20(30)33-2)22(31)27-19(12-29)21-25-16-5-3-4-6-17(16)26-21/h3-9,18-19,24,29H,10-12H2,1-2H3,(H,25,26)(H,27,31). The number of aromatic nitrogens is 2. The molecule has 0 bridgehead atoms. The Labute approximate surface area is 189 Å². The van der Waals surface area contributed by atoms with Gasteiger partial charge in [0.25, 0.3) is 5.91 Å². The van der Waals surface area contributed by atoms with Gasteiger partial charge in [-0.3, -0.25) is 14.4 Å². The van der Waals surface area contributed by atoms with Gasteiger partial charge in [0.05, 0.1) is 31.2 Å². The maximum Gasteiger partial charge on any atom is 0.308 e. The van der Waals surface area contributed by atoms with Crippen molar-refractivity contribution in [3.8, 4) is 0 Å². The van der Waals surface area contributed by atoms with Crippen molar-refractivity contribution in [2.24, 2.45) is 0 Å². The Morgan fingerprint density at radius 1 is 1.30 bits per heavy atom. The number of hydrogen-bond donors (Lipinski definition) is 4. The summed E-state index contributed by atoms with van der Waals surface area (Å²) in [7, 11) is 2.91. The number of aromatic amines is 1. The van der Waals surface area contributed by atoms with Crippen LogP contribution in [0.3, 0.4) is 0 Å². The highest BCUT2D eigenvalue weighted by Gasteiger charge is 2.30. The molecule has 2 amide bonds. The largest absolute Gasteiger partial charge is 0.469 e. The van der Waals surface area contributed by atoms with Crippen LogP contribution in [0.4, 0.5) is 5.69 Å². The summed E-state index contributed by atoms with van der Waals surface area (Å²) in [5.41, 5.74) is 3.32. The van der Waals surface area contributed by atoms with Gasteiger partial charge < -0.3 is 30.4 Å². The highest BCUT2D eigenvalue weighted by Crippen LogP contribution is 2.25. The maximum atomic E-state index is 12.9. The minimum Gasteiger partial charge on any atom is -0.469 e. The number of nitrogens with zero attached hydrogens (tertiary/aromatic N) is 2. The van der Waals surface area contributed by atoms with E-state index < -0.39 is 18.1 Å². The van der Waals surface area contributed by atoms with Crippen LogP contribution in [0.2, 0.25) is 0 Å². The number of nitrogens with one attached hydrogen (secondary N) is 3. The fourth-order valence-corrected chi connectivity index (χ4v) is 3.82. The summed E-state index contributed by atoms with van der Waals surface area (Å²) in [4.78, 5) is 46.3. The first-order chi connectivity index (χ1) is 15.9. The fraction of sp³-hybridized carbons (Fsp3) is 0.304. The van der Waals surface area contributed by atoms with E-state index >= 15 is 0 Å². The SMILES string of the molecule is COC(=O)CC1Nc2ccc(C(=O)NC(CO)c3nc4ccccc4[nH]3)cc2CN(C)C1=O. The van der Waals surface area contributed by atoms with E-state index in [0.717, 1.165) is 16.6 Å². The van der Waals surface area contributed by atoms with Crippen LogP contribution in [0, 0.1) is 0 Å². The molecule has 2 heterocycles. The number of carbonyl (C=O) groups excluding carboxylic acids is 3. The third-order valence-electron chi connectivity index (χ3n) is 5.60. The zero-order valence-corrected chi connectivity index (χ0v) is 18.3. The molecule has 0 aliphatic carbocycles. The first kappa shape index (κ1) is 22.3. The molecule has 1 aliphatic heterocycles. The molecule has 0 saturated carbocycles. The maximum absolute atomic E-state index is 12.9. The lowest BCUT2D eigenvalue weighted by atomic mass is 10.1. The smallest absolute Gasteiger partial charge is 0.308 e. The lowest BCUT2D eigenvalue weighted by Crippen LogP contribution is -2.39. The van der Waals surface area contributed by atoms with Gasteiger partial charge in [-0.2, -0.15) is 0 Å². The molecule has 0 saturated heterocycles.